The van der Waals surface area contributed by atoms with Gasteiger partial charge in [0.05, 0.1) is 19.3 Å². The number of aromatic nitrogens is 4. The highest BCUT2D eigenvalue weighted by molar-refractivity contribution is 5.94. The number of hydrogen-bond acceptors (Lipinski definition) is 6. The topological polar surface area (TPSA) is 97.3 Å². The van der Waals surface area contributed by atoms with E-state index in [9.17, 15) is 9.90 Å². The van der Waals surface area contributed by atoms with E-state index in [1.54, 1.807) is 22.0 Å². The number of carbonyl (C=O) groups excluding carboxylic acids is 1. The molecule has 24 heavy (non-hydrogen) atoms. The Morgan fingerprint density at radius 3 is 3.04 bits per heavy atom. The minimum atomic E-state index is -0.995. The Bertz CT molecular complexity index is 726. The van der Waals surface area contributed by atoms with Crippen molar-refractivity contribution in [3.8, 4) is 0 Å². The fourth-order valence-corrected chi connectivity index (χ4v) is 3.74. The quantitative estimate of drug-likeness (QED) is 0.894. The third kappa shape index (κ3) is 2.82. The third-order valence-electron chi connectivity index (χ3n) is 4.92. The van der Waals surface area contributed by atoms with Crippen LogP contribution in [0.4, 0.5) is 0 Å². The smallest absolute Gasteiger partial charge is 0.276 e. The van der Waals surface area contributed by atoms with Crippen LogP contribution in [0.1, 0.15) is 47.5 Å². The first-order chi connectivity index (χ1) is 11.6. The summed E-state index contributed by atoms with van der Waals surface area (Å²) in [5.74, 6) is 0.707. The van der Waals surface area contributed by atoms with Gasteiger partial charge < -0.3 is 14.5 Å². The highest BCUT2D eigenvalue weighted by Crippen LogP contribution is 2.28. The lowest BCUT2D eigenvalue weighted by Crippen LogP contribution is -2.52. The molecule has 1 amide bonds. The average molecular weight is 331 g/mol. The molecule has 0 spiro atoms. The van der Waals surface area contributed by atoms with Crippen LogP contribution in [0, 0.1) is 0 Å². The van der Waals surface area contributed by atoms with Crippen molar-refractivity contribution >= 4 is 5.91 Å². The number of hydrogen-bond donors (Lipinski definition) is 1. The molecule has 1 fully saturated rings. The predicted octanol–water partition coefficient (Wildman–Crippen LogP) is 0.812. The van der Waals surface area contributed by atoms with E-state index in [0.29, 0.717) is 25.2 Å². The zero-order valence-corrected chi connectivity index (χ0v) is 13.5. The van der Waals surface area contributed by atoms with Gasteiger partial charge in [-0.3, -0.25) is 4.79 Å². The molecule has 4 rings (SSSR count). The summed E-state index contributed by atoms with van der Waals surface area (Å²) in [6, 6.07) is 0. The van der Waals surface area contributed by atoms with Crippen LogP contribution in [-0.4, -0.2) is 54.8 Å². The zero-order chi connectivity index (χ0) is 16.6. The van der Waals surface area contributed by atoms with Crippen LogP contribution in [0.25, 0.3) is 0 Å². The van der Waals surface area contributed by atoms with Gasteiger partial charge in [-0.15, -0.1) is 5.10 Å². The van der Waals surface area contributed by atoms with Crippen molar-refractivity contribution in [2.75, 3.05) is 13.1 Å². The van der Waals surface area contributed by atoms with Gasteiger partial charge >= 0.3 is 0 Å². The molecular formula is C16H21N5O3. The van der Waals surface area contributed by atoms with Crippen molar-refractivity contribution in [1.29, 1.82) is 0 Å². The first kappa shape index (κ1) is 15.3. The van der Waals surface area contributed by atoms with Gasteiger partial charge in [0.25, 0.3) is 5.91 Å². The van der Waals surface area contributed by atoms with E-state index in [-0.39, 0.29) is 12.5 Å². The van der Waals surface area contributed by atoms with Crippen LogP contribution in [0.15, 0.2) is 16.9 Å². The van der Waals surface area contributed by atoms with Gasteiger partial charge in [-0.2, -0.15) is 0 Å². The molecule has 1 atom stereocenters. The van der Waals surface area contributed by atoms with Gasteiger partial charge in [0.1, 0.15) is 11.4 Å². The molecule has 1 unspecified atom stereocenters. The number of amides is 1. The van der Waals surface area contributed by atoms with Gasteiger partial charge in [0, 0.05) is 24.7 Å². The number of aryl methyl sites for hydroxylation is 1. The standard InChI is InChI=1S/C16H21N5O3/c22-15(14-12-4-1-2-5-13(12)24-18-14)20-8-3-6-16(23,10-20)11-21-9-7-17-19-21/h7,9,23H,1-6,8,10-11H2. The number of piperidine rings is 1. The summed E-state index contributed by atoms with van der Waals surface area (Å²) < 4.78 is 6.96. The number of carbonyl (C=O) groups is 1. The van der Waals surface area contributed by atoms with E-state index >= 15 is 0 Å². The minimum Gasteiger partial charge on any atom is -0.386 e. The van der Waals surface area contributed by atoms with E-state index in [1.165, 1.54) is 0 Å². The fraction of sp³-hybridized carbons (Fsp3) is 0.625. The monoisotopic (exact) mass is 331 g/mol. The number of nitrogens with zero attached hydrogens (tertiary/aromatic N) is 5. The van der Waals surface area contributed by atoms with Crippen LogP contribution in [0.2, 0.25) is 0 Å². The number of rotatable bonds is 3. The summed E-state index contributed by atoms with van der Waals surface area (Å²) in [5, 5.41) is 22.6. The molecule has 2 aromatic heterocycles. The molecule has 2 aromatic rings. The Balaban J connectivity index is 1.51. The second kappa shape index (κ2) is 6.01. The second-order valence-corrected chi connectivity index (χ2v) is 6.80. The lowest BCUT2D eigenvalue weighted by atomic mass is 9.91. The maximum atomic E-state index is 12.9. The van der Waals surface area contributed by atoms with E-state index in [2.05, 4.69) is 15.5 Å². The van der Waals surface area contributed by atoms with Gasteiger partial charge in [0.15, 0.2) is 5.69 Å². The SMILES string of the molecule is O=C(c1noc2c1CCCC2)N1CCCC(O)(Cn2ccnn2)C1. The molecule has 8 heteroatoms. The molecule has 0 bridgehead atoms. The van der Waals surface area contributed by atoms with E-state index in [0.717, 1.165) is 43.4 Å². The Labute approximate surface area is 139 Å². The molecule has 1 N–H and O–H groups in total. The average Bonchev–Trinajstić information content (AvgIpc) is 3.23. The molecule has 128 valence electrons. The van der Waals surface area contributed by atoms with Crippen molar-refractivity contribution in [1.82, 2.24) is 25.1 Å². The van der Waals surface area contributed by atoms with Crippen molar-refractivity contribution in [2.24, 2.45) is 0 Å². The lowest BCUT2D eigenvalue weighted by Gasteiger charge is -2.38. The van der Waals surface area contributed by atoms with Crippen molar-refractivity contribution in [2.45, 2.75) is 50.7 Å². The van der Waals surface area contributed by atoms with Crippen LogP contribution in [0.3, 0.4) is 0 Å². The molecule has 0 radical (unpaired) electrons. The van der Waals surface area contributed by atoms with Crippen LogP contribution >= 0.6 is 0 Å². The molecule has 1 saturated heterocycles. The zero-order valence-electron chi connectivity index (χ0n) is 13.5. The van der Waals surface area contributed by atoms with E-state index < -0.39 is 5.60 Å². The maximum absolute atomic E-state index is 12.9. The first-order valence-electron chi connectivity index (χ1n) is 8.48. The normalized spacial score (nSPS) is 24.0. The lowest BCUT2D eigenvalue weighted by molar-refractivity contribution is -0.0389. The second-order valence-electron chi connectivity index (χ2n) is 6.80. The molecule has 1 aliphatic carbocycles. The highest BCUT2D eigenvalue weighted by Gasteiger charge is 2.38. The summed E-state index contributed by atoms with van der Waals surface area (Å²) in [6.45, 7) is 1.22. The van der Waals surface area contributed by atoms with Crippen LogP contribution in [0.5, 0.6) is 0 Å². The molecule has 1 aliphatic heterocycles. The summed E-state index contributed by atoms with van der Waals surface area (Å²) >= 11 is 0. The maximum Gasteiger partial charge on any atom is 0.276 e. The minimum absolute atomic E-state index is 0.140. The molecule has 0 saturated carbocycles. The molecule has 0 aromatic carbocycles. The summed E-state index contributed by atoms with van der Waals surface area (Å²) in [4.78, 5) is 14.6. The largest absolute Gasteiger partial charge is 0.386 e. The predicted molar refractivity (Wildman–Crippen MR) is 83.3 cm³/mol. The Hall–Kier alpha value is -2.22. The van der Waals surface area contributed by atoms with Gasteiger partial charge in [-0.1, -0.05) is 10.4 Å². The molecular weight excluding hydrogens is 310 g/mol. The summed E-state index contributed by atoms with van der Waals surface area (Å²) in [7, 11) is 0. The number of fused-ring (bicyclic) bond motifs is 1. The Morgan fingerprint density at radius 1 is 1.33 bits per heavy atom. The highest BCUT2D eigenvalue weighted by atomic mass is 16.5. The van der Waals surface area contributed by atoms with Crippen LogP contribution < -0.4 is 0 Å². The third-order valence-corrected chi connectivity index (χ3v) is 4.92. The number of likely N-dealkylation sites (tertiary alicyclic amines) is 1. The number of aliphatic hydroxyl groups is 1. The molecule has 8 nitrogen and oxygen atoms in total. The summed E-state index contributed by atoms with van der Waals surface area (Å²) in [5.41, 5.74) is 0.386. The molecule has 3 heterocycles. The number of β-amino-alcohol motifs (C(OH)–C–C–N with tert-alkyl or cyclic N) is 1. The fourth-order valence-electron chi connectivity index (χ4n) is 3.74. The first-order valence-corrected chi connectivity index (χ1v) is 8.48. The van der Waals surface area contributed by atoms with Crippen molar-refractivity contribution in [3.05, 3.63) is 29.4 Å². The van der Waals surface area contributed by atoms with Gasteiger partial charge in [0.2, 0.25) is 0 Å². The van der Waals surface area contributed by atoms with Crippen LogP contribution in [-0.2, 0) is 19.4 Å². The van der Waals surface area contributed by atoms with Crippen molar-refractivity contribution < 1.29 is 14.4 Å². The van der Waals surface area contributed by atoms with E-state index in [1.807, 2.05) is 0 Å². The Morgan fingerprint density at radius 2 is 2.21 bits per heavy atom. The van der Waals surface area contributed by atoms with Gasteiger partial charge in [-0.25, -0.2) is 4.68 Å². The van der Waals surface area contributed by atoms with Gasteiger partial charge in [-0.05, 0) is 32.1 Å². The molecule has 2 aliphatic rings. The van der Waals surface area contributed by atoms with Crippen molar-refractivity contribution in [3.63, 3.8) is 0 Å². The summed E-state index contributed by atoms with van der Waals surface area (Å²) in [6.07, 6.45) is 8.51. The Kier molecular flexibility index (Phi) is 3.84. The van der Waals surface area contributed by atoms with E-state index in [4.69, 9.17) is 4.52 Å².